The molecule has 0 aliphatic rings. The number of nitrogens with one attached hydrogen (secondary N) is 1. The van der Waals surface area contributed by atoms with Crippen LogP contribution in [-0.2, 0) is 11.8 Å². The summed E-state index contributed by atoms with van der Waals surface area (Å²) < 4.78 is 1.07. The van der Waals surface area contributed by atoms with Gasteiger partial charge in [-0.15, -0.1) is 0 Å². The van der Waals surface area contributed by atoms with Crippen LogP contribution in [0.3, 0.4) is 0 Å². The van der Waals surface area contributed by atoms with Crippen molar-refractivity contribution >= 4 is 40.0 Å². The second-order valence-electron chi connectivity index (χ2n) is 5.92. The SMILES string of the molecule is CNc1nc(Cc2ccccc2Cl)nc(C(C)(C)C)c1I. The monoisotopic (exact) mass is 415 g/mol. The number of benzene rings is 1. The van der Waals surface area contributed by atoms with Gasteiger partial charge in [0.25, 0.3) is 0 Å². The van der Waals surface area contributed by atoms with E-state index in [4.69, 9.17) is 16.6 Å². The van der Waals surface area contributed by atoms with Crippen LogP contribution in [0.5, 0.6) is 0 Å². The summed E-state index contributed by atoms with van der Waals surface area (Å²) in [5.41, 5.74) is 2.08. The largest absolute Gasteiger partial charge is 0.372 e. The van der Waals surface area contributed by atoms with Crippen molar-refractivity contribution in [1.82, 2.24) is 9.97 Å². The Morgan fingerprint density at radius 2 is 1.86 bits per heavy atom. The Morgan fingerprint density at radius 3 is 2.43 bits per heavy atom. The first-order chi connectivity index (χ1) is 9.82. The molecule has 0 spiro atoms. The van der Waals surface area contributed by atoms with Crippen molar-refractivity contribution < 1.29 is 0 Å². The molecule has 21 heavy (non-hydrogen) atoms. The average Bonchev–Trinajstić information content (AvgIpc) is 2.41. The van der Waals surface area contributed by atoms with Crippen LogP contribution in [0.1, 0.15) is 37.9 Å². The lowest BCUT2D eigenvalue weighted by Crippen LogP contribution is -2.19. The van der Waals surface area contributed by atoms with E-state index >= 15 is 0 Å². The van der Waals surface area contributed by atoms with Crippen molar-refractivity contribution in [2.24, 2.45) is 0 Å². The minimum atomic E-state index is -0.0275. The van der Waals surface area contributed by atoms with E-state index in [-0.39, 0.29) is 5.41 Å². The quantitative estimate of drug-likeness (QED) is 0.741. The van der Waals surface area contributed by atoms with Gasteiger partial charge in [0.1, 0.15) is 11.6 Å². The molecule has 0 atom stereocenters. The lowest BCUT2D eigenvalue weighted by molar-refractivity contribution is 0.559. The topological polar surface area (TPSA) is 37.8 Å². The Balaban J connectivity index is 2.48. The standard InChI is InChI=1S/C16H19ClIN3/c1-16(2,3)14-13(18)15(19-4)21-12(20-14)9-10-7-5-6-8-11(10)17/h5-8H,9H2,1-4H3,(H,19,20,21). The smallest absolute Gasteiger partial charge is 0.143 e. The molecule has 112 valence electrons. The van der Waals surface area contributed by atoms with Gasteiger partial charge in [0.15, 0.2) is 0 Å². The van der Waals surface area contributed by atoms with Gasteiger partial charge in [-0.05, 0) is 34.2 Å². The number of hydrogen-bond donors (Lipinski definition) is 1. The number of rotatable bonds is 3. The van der Waals surface area contributed by atoms with Crippen molar-refractivity contribution in [3.63, 3.8) is 0 Å². The van der Waals surface area contributed by atoms with Crippen LogP contribution in [0, 0.1) is 3.57 Å². The molecule has 0 saturated carbocycles. The molecule has 2 aromatic rings. The van der Waals surface area contributed by atoms with Crippen LogP contribution in [-0.4, -0.2) is 17.0 Å². The summed E-state index contributed by atoms with van der Waals surface area (Å²) in [4.78, 5) is 9.38. The fraction of sp³-hybridized carbons (Fsp3) is 0.375. The van der Waals surface area contributed by atoms with Gasteiger partial charge in [-0.3, -0.25) is 0 Å². The van der Waals surface area contributed by atoms with Crippen molar-refractivity contribution in [3.8, 4) is 0 Å². The Hall–Kier alpha value is -0.880. The van der Waals surface area contributed by atoms with Gasteiger partial charge in [-0.1, -0.05) is 50.6 Å². The fourth-order valence-electron chi connectivity index (χ4n) is 2.05. The highest BCUT2D eigenvalue weighted by molar-refractivity contribution is 14.1. The predicted octanol–water partition coefficient (Wildman–Crippen LogP) is 4.66. The minimum absolute atomic E-state index is 0.0275. The third kappa shape index (κ3) is 3.86. The zero-order valence-corrected chi connectivity index (χ0v) is 15.6. The first kappa shape index (κ1) is 16.5. The van der Waals surface area contributed by atoms with E-state index in [2.05, 4.69) is 53.7 Å². The molecule has 2 rings (SSSR count). The highest BCUT2D eigenvalue weighted by Gasteiger charge is 2.23. The fourth-order valence-corrected chi connectivity index (χ4v) is 3.57. The molecule has 0 bridgehead atoms. The molecule has 0 aliphatic carbocycles. The molecule has 0 saturated heterocycles. The minimum Gasteiger partial charge on any atom is -0.372 e. The molecule has 1 heterocycles. The number of hydrogen-bond acceptors (Lipinski definition) is 3. The second-order valence-corrected chi connectivity index (χ2v) is 7.41. The molecule has 0 fully saturated rings. The molecule has 0 radical (unpaired) electrons. The maximum atomic E-state index is 6.24. The van der Waals surface area contributed by atoms with E-state index in [1.54, 1.807) is 0 Å². The first-order valence-electron chi connectivity index (χ1n) is 6.81. The van der Waals surface area contributed by atoms with Crippen molar-refractivity contribution in [3.05, 3.63) is 49.9 Å². The number of halogens is 2. The molecule has 3 nitrogen and oxygen atoms in total. The van der Waals surface area contributed by atoms with Gasteiger partial charge in [0.2, 0.25) is 0 Å². The van der Waals surface area contributed by atoms with Crippen molar-refractivity contribution in [1.29, 1.82) is 0 Å². The maximum absolute atomic E-state index is 6.24. The van der Waals surface area contributed by atoms with Gasteiger partial charge in [0.05, 0.1) is 9.26 Å². The van der Waals surface area contributed by atoms with Crippen LogP contribution < -0.4 is 5.32 Å². The molecular weight excluding hydrogens is 397 g/mol. The van der Waals surface area contributed by atoms with E-state index in [0.29, 0.717) is 6.42 Å². The summed E-state index contributed by atoms with van der Waals surface area (Å²) in [6.45, 7) is 6.49. The summed E-state index contributed by atoms with van der Waals surface area (Å²) in [6.07, 6.45) is 0.633. The molecule has 5 heteroatoms. The van der Waals surface area contributed by atoms with E-state index in [1.165, 1.54) is 0 Å². The Morgan fingerprint density at radius 1 is 1.19 bits per heavy atom. The molecule has 1 aromatic heterocycles. The van der Waals surface area contributed by atoms with Crippen LogP contribution in [0.25, 0.3) is 0 Å². The van der Waals surface area contributed by atoms with Crippen LogP contribution >= 0.6 is 34.2 Å². The second kappa shape index (κ2) is 6.48. The van der Waals surface area contributed by atoms with Crippen molar-refractivity contribution in [2.75, 3.05) is 12.4 Å². The zero-order chi connectivity index (χ0) is 15.6. The molecule has 0 unspecified atom stereocenters. The molecular formula is C16H19ClIN3. The summed E-state index contributed by atoms with van der Waals surface area (Å²) >= 11 is 8.54. The van der Waals surface area contributed by atoms with E-state index in [1.807, 2.05) is 31.3 Å². The molecule has 0 aliphatic heterocycles. The van der Waals surface area contributed by atoms with Crippen LogP contribution in [0.15, 0.2) is 24.3 Å². The van der Waals surface area contributed by atoms with E-state index in [9.17, 15) is 0 Å². The van der Waals surface area contributed by atoms with Gasteiger partial charge in [0, 0.05) is 23.9 Å². The summed E-state index contributed by atoms with van der Waals surface area (Å²) in [5.74, 6) is 1.66. The Bertz CT molecular complexity index is 650. The highest BCUT2D eigenvalue weighted by atomic mass is 127. The van der Waals surface area contributed by atoms with Gasteiger partial charge >= 0.3 is 0 Å². The van der Waals surface area contributed by atoms with Gasteiger partial charge < -0.3 is 5.32 Å². The Kier molecular flexibility index (Phi) is 5.09. The normalized spacial score (nSPS) is 11.5. The third-order valence-electron chi connectivity index (χ3n) is 3.15. The van der Waals surface area contributed by atoms with E-state index < -0.39 is 0 Å². The van der Waals surface area contributed by atoms with Crippen LogP contribution in [0.4, 0.5) is 5.82 Å². The van der Waals surface area contributed by atoms with Crippen molar-refractivity contribution in [2.45, 2.75) is 32.6 Å². The molecule has 1 aromatic carbocycles. The number of anilines is 1. The predicted molar refractivity (Wildman–Crippen MR) is 97.3 cm³/mol. The molecule has 0 amide bonds. The lowest BCUT2D eigenvalue weighted by Gasteiger charge is -2.21. The number of aromatic nitrogens is 2. The summed E-state index contributed by atoms with van der Waals surface area (Å²) in [6, 6.07) is 7.82. The van der Waals surface area contributed by atoms with Gasteiger partial charge in [-0.2, -0.15) is 0 Å². The highest BCUT2D eigenvalue weighted by Crippen LogP contribution is 2.30. The molecule has 1 N–H and O–H groups in total. The lowest BCUT2D eigenvalue weighted by atomic mass is 9.91. The zero-order valence-electron chi connectivity index (χ0n) is 12.7. The van der Waals surface area contributed by atoms with Gasteiger partial charge in [-0.25, -0.2) is 9.97 Å². The third-order valence-corrected chi connectivity index (χ3v) is 4.54. The number of nitrogens with zero attached hydrogens (tertiary/aromatic N) is 2. The first-order valence-corrected chi connectivity index (χ1v) is 8.26. The van der Waals surface area contributed by atoms with E-state index in [0.717, 1.165) is 31.5 Å². The van der Waals surface area contributed by atoms with Crippen LogP contribution in [0.2, 0.25) is 5.02 Å². The maximum Gasteiger partial charge on any atom is 0.143 e. The average molecular weight is 416 g/mol. The summed E-state index contributed by atoms with van der Waals surface area (Å²) in [7, 11) is 1.89. The summed E-state index contributed by atoms with van der Waals surface area (Å²) in [5, 5.41) is 3.91. The Labute approximate surface area is 144 Å².